The number of carbonyl (C=O) groups is 1. The van der Waals surface area contributed by atoms with Gasteiger partial charge in [0.15, 0.2) is 5.82 Å². The molecule has 0 radical (unpaired) electrons. The van der Waals surface area contributed by atoms with E-state index in [1.807, 2.05) is 0 Å². The number of aromatic amines is 1. The van der Waals surface area contributed by atoms with Gasteiger partial charge in [0.25, 0.3) is 17.6 Å². The Hall–Kier alpha value is -3.10. The lowest BCUT2D eigenvalue weighted by Gasteiger charge is -2.06. The predicted molar refractivity (Wildman–Crippen MR) is 66.6 cm³/mol. The number of carbonyl (C=O) groups excluding carboxylic acids is 1. The number of nitrogens with zero attached hydrogens (tertiary/aromatic N) is 5. The second kappa shape index (κ2) is 4.88. The first-order valence-electron chi connectivity index (χ1n) is 5.68. The second-order valence-electron chi connectivity index (χ2n) is 3.88. The molecule has 2 heterocycles. The zero-order chi connectivity index (χ0) is 13.9. The van der Waals surface area contributed by atoms with Gasteiger partial charge in [-0.25, -0.2) is 0 Å². The summed E-state index contributed by atoms with van der Waals surface area (Å²) in [5.41, 5.74) is 1.14. The third kappa shape index (κ3) is 2.23. The summed E-state index contributed by atoms with van der Waals surface area (Å²) in [6.07, 6.45) is 0. The largest absolute Gasteiger partial charge is 0.334 e. The molecule has 2 aromatic heterocycles. The molecule has 3 rings (SSSR count). The predicted octanol–water partition coefficient (Wildman–Crippen LogP) is 0.810. The van der Waals surface area contributed by atoms with Crippen molar-refractivity contribution in [3.63, 3.8) is 0 Å². The second-order valence-corrected chi connectivity index (χ2v) is 3.88. The molecule has 0 spiro atoms. The number of aryl methyl sites for hydroxylation is 1. The lowest BCUT2D eigenvalue weighted by atomic mass is 10.1. The van der Waals surface area contributed by atoms with E-state index < -0.39 is 5.91 Å². The van der Waals surface area contributed by atoms with Crippen molar-refractivity contribution in [2.75, 3.05) is 5.32 Å². The summed E-state index contributed by atoms with van der Waals surface area (Å²) in [5.74, 6) is 0.301. The van der Waals surface area contributed by atoms with Crippen LogP contribution in [0, 0.1) is 6.92 Å². The number of benzene rings is 1. The average Bonchev–Trinajstić information content (AvgIpc) is 3.10. The highest BCUT2D eigenvalue weighted by molar-refractivity contribution is 6.03. The molecule has 100 valence electrons. The van der Waals surface area contributed by atoms with Crippen molar-refractivity contribution in [1.29, 1.82) is 0 Å². The molecule has 0 aliphatic heterocycles. The SMILES string of the molecule is Cc1noc(-c2ccccc2NC(=O)c2nn[nH]n2)n1. The van der Waals surface area contributed by atoms with Gasteiger partial charge >= 0.3 is 0 Å². The maximum absolute atomic E-state index is 11.9. The zero-order valence-electron chi connectivity index (χ0n) is 10.4. The van der Waals surface area contributed by atoms with E-state index in [0.29, 0.717) is 23.0 Å². The van der Waals surface area contributed by atoms with Crippen LogP contribution in [0.4, 0.5) is 5.69 Å². The van der Waals surface area contributed by atoms with E-state index in [4.69, 9.17) is 4.52 Å². The first-order chi connectivity index (χ1) is 9.74. The van der Waals surface area contributed by atoms with E-state index in [2.05, 4.69) is 36.1 Å². The van der Waals surface area contributed by atoms with Crippen LogP contribution in [0.25, 0.3) is 11.5 Å². The van der Waals surface area contributed by atoms with Crippen LogP contribution < -0.4 is 5.32 Å². The Morgan fingerprint density at radius 2 is 2.20 bits per heavy atom. The third-order valence-electron chi connectivity index (χ3n) is 2.48. The van der Waals surface area contributed by atoms with Crippen molar-refractivity contribution in [3.8, 4) is 11.5 Å². The summed E-state index contributed by atoms with van der Waals surface area (Å²) in [4.78, 5) is 16.0. The van der Waals surface area contributed by atoms with Crippen LogP contribution in [0.2, 0.25) is 0 Å². The van der Waals surface area contributed by atoms with Crippen LogP contribution in [-0.4, -0.2) is 36.7 Å². The summed E-state index contributed by atoms with van der Waals surface area (Å²) in [6, 6.07) is 7.06. The van der Waals surface area contributed by atoms with Crippen molar-refractivity contribution < 1.29 is 9.32 Å². The fourth-order valence-electron chi connectivity index (χ4n) is 1.62. The molecule has 0 saturated carbocycles. The van der Waals surface area contributed by atoms with Gasteiger partial charge in [0.05, 0.1) is 11.3 Å². The molecule has 9 heteroatoms. The monoisotopic (exact) mass is 271 g/mol. The third-order valence-corrected chi connectivity index (χ3v) is 2.48. The molecule has 0 unspecified atom stereocenters. The van der Waals surface area contributed by atoms with Gasteiger partial charge in [0.2, 0.25) is 0 Å². The van der Waals surface area contributed by atoms with Crippen molar-refractivity contribution in [2.45, 2.75) is 6.92 Å². The number of amides is 1. The molecule has 0 aliphatic rings. The number of aromatic nitrogens is 6. The Kier molecular flexibility index (Phi) is 2.92. The Morgan fingerprint density at radius 1 is 1.35 bits per heavy atom. The number of H-pyrrole nitrogens is 1. The number of para-hydroxylation sites is 1. The van der Waals surface area contributed by atoms with Gasteiger partial charge in [-0.05, 0) is 24.3 Å². The molecule has 0 saturated heterocycles. The maximum Gasteiger partial charge on any atom is 0.297 e. The standard InChI is InChI=1S/C11H9N7O2/c1-6-12-11(20-16-6)7-4-2-3-5-8(7)13-10(19)9-14-17-18-15-9/h2-5H,1H3,(H,13,19)(H,14,15,17,18). The molecule has 9 nitrogen and oxygen atoms in total. The summed E-state index contributed by atoms with van der Waals surface area (Å²) in [7, 11) is 0. The Labute approximate surface area is 112 Å². The highest BCUT2D eigenvalue weighted by Crippen LogP contribution is 2.26. The van der Waals surface area contributed by atoms with Gasteiger partial charge in [-0.2, -0.15) is 10.2 Å². The molecule has 0 bridgehead atoms. The lowest BCUT2D eigenvalue weighted by Crippen LogP contribution is -2.14. The molecule has 0 aliphatic carbocycles. The van der Waals surface area contributed by atoms with E-state index in [1.54, 1.807) is 31.2 Å². The lowest BCUT2D eigenvalue weighted by molar-refractivity contribution is 0.101. The van der Waals surface area contributed by atoms with E-state index in [1.165, 1.54) is 0 Å². The van der Waals surface area contributed by atoms with Crippen molar-refractivity contribution in [1.82, 2.24) is 30.8 Å². The van der Waals surface area contributed by atoms with Crippen LogP contribution in [0.15, 0.2) is 28.8 Å². The number of anilines is 1. The number of tetrazole rings is 1. The normalized spacial score (nSPS) is 10.4. The van der Waals surface area contributed by atoms with Gasteiger partial charge in [-0.15, -0.1) is 10.2 Å². The molecule has 0 fully saturated rings. The first-order valence-corrected chi connectivity index (χ1v) is 5.68. The summed E-state index contributed by atoms with van der Waals surface area (Å²) in [5, 5.41) is 19.2. The topological polar surface area (TPSA) is 122 Å². The molecule has 20 heavy (non-hydrogen) atoms. The zero-order valence-corrected chi connectivity index (χ0v) is 10.4. The van der Waals surface area contributed by atoms with Crippen LogP contribution >= 0.6 is 0 Å². The summed E-state index contributed by atoms with van der Waals surface area (Å²) < 4.78 is 5.10. The minimum absolute atomic E-state index is 0.0542. The van der Waals surface area contributed by atoms with Gasteiger partial charge in [0, 0.05) is 0 Å². The fraction of sp³-hybridized carbons (Fsp3) is 0.0909. The molecule has 2 N–H and O–H groups in total. The van der Waals surface area contributed by atoms with Gasteiger partial charge in [0.1, 0.15) is 0 Å². The molecule has 3 aromatic rings. The van der Waals surface area contributed by atoms with Gasteiger partial charge < -0.3 is 9.84 Å². The Balaban J connectivity index is 1.92. The number of hydrogen-bond donors (Lipinski definition) is 2. The highest BCUT2D eigenvalue weighted by Gasteiger charge is 2.16. The average molecular weight is 271 g/mol. The molecule has 0 atom stereocenters. The van der Waals surface area contributed by atoms with Crippen LogP contribution in [0.3, 0.4) is 0 Å². The quantitative estimate of drug-likeness (QED) is 0.722. The molecular weight excluding hydrogens is 262 g/mol. The summed E-state index contributed by atoms with van der Waals surface area (Å²) in [6.45, 7) is 1.72. The van der Waals surface area contributed by atoms with E-state index in [9.17, 15) is 4.79 Å². The Bertz CT molecular complexity index is 735. The van der Waals surface area contributed by atoms with E-state index in [0.717, 1.165) is 0 Å². The molecular formula is C11H9N7O2. The Morgan fingerprint density at radius 3 is 2.90 bits per heavy atom. The smallest absolute Gasteiger partial charge is 0.297 e. The molecule has 1 amide bonds. The number of nitrogens with one attached hydrogen (secondary N) is 2. The first kappa shape index (κ1) is 12.0. The van der Waals surface area contributed by atoms with Crippen LogP contribution in [0.5, 0.6) is 0 Å². The minimum Gasteiger partial charge on any atom is -0.334 e. The van der Waals surface area contributed by atoms with Crippen LogP contribution in [0.1, 0.15) is 16.4 Å². The number of hydrogen-bond acceptors (Lipinski definition) is 7. The van der Waals surface area contributed by atoms with Gasteiger partial charge in [-0.3, -0.25) is 4.79 Å². The minimum atomic E-state index is -0.484. The highest BCUT2D eigenvalue weighted by atomic mass is 16.5. The van der Waals surface area contributed by atoms with E-state index in [-0.39, 0.29) is 5.82 Å². The van der Waals surface area contributed by atoms with Crippen molar-refractivity contribution >= 4 is 11.6 Å². The maximum atomic E-state index is 11.9. The molecule has 1 aromatic carbocycles. The number of rotatable bonds is 3. The van der Waals surface area contributed by atoms with Gasteiger partial charge in [-0.1, -0.05) is 17.3 Å². The van der Waals surface area contributed by atoms with Crippen molar-refractivity contribution in [3.05, 3.63) is 35.9 Å². The fourth-order valence-corrected chi connectivity index (χ4v) is 1.62. The van der Waals surface area contributed by atoms with Crippen molar-refractivity contribution in [2.24, 2.45) is 0 Å². The van der Waals surface area contributed by atoms with Crippen LogP contribution in [-0.2, 0) is 0 Å². The summed E-state index contributed by atoms with van der Waals surface area (Å²) >= 11 is 0. The van der Waals surface area contributed by atoms with E-state index >= 15 is 0 Å².